The molecular formula is C15H21ClN5O2P. The van der Waals surface area contributed by atoms with Crippen LogP contribution in [0.5, 0.6) is 0 Å². The Kier molecular flexibility index (Phi) is 7.12. The molecule has 7 nitrogen and oxygen atoms in total. The fourth-order valence-electron chi connectivity index (χ4n) is 1.98. The highest BCUT2D eigenvalue weighted by Gasteiger charge is 2.10. The summed E-state index contributed by atoms with van der Waals surface area (Å²) in [5.41, 5.74) is 7.77. The van der Waals surface area contributed by atoms with Gasteiger partial charge in [-0.3, -0.25) is 0 Å². The minimum Gasteiger partial charge on any atom is -0.368 e. The van der Waals surface area contributed by atoms with Crippen LogP contribution in [0.4, 0.5) is 5.95 Å². The quantitative estimate of drug-likeness (QED) is 0.409. The molecule has 9 heteroatoms. The van der Waals surface area contributed by atoms with Crippen LogP contribution < -0.4 is 5.73 Å². The van der Waals surface area contributed by atoms with Crippen molar-refractivity contribution in [1.82, 2.24) is 19.5 Å². The molecule has 0 bridgehead atoms. The van der Waals surface area contributed by atoms with Crippen molar-refractivity contribution in [3.63, 3.8) is 0 Å². The van der Waals surface area contributed by atoms with Gasteiger partial charge in [0, 0.05) is 6.54 Å². The maximum Gasteiger partial charge on any atom is 0.223 e. The predicted molar refractivity (Wildman–Crippen MR) is 97.8 cm³/mol. The average molecular weight is 370 g/mol. The Hall–Kier alpha value is -1.53. The van der Waals surface area contributed by atoms with Crippen LogP contribution >= 0.6 is 20.0 Å². The lowest BCUT2D eigenvalue weighted by Gasteiger charge is -2.11. The third-order valence-electron chi connectivity index (χ3n) is 3.06. The first-order valence-corrected chi connectivity index (χ1v) is 9.22. The van der Waals surface area contributed by atoms with Gasteiger partial charge in [0.1, 0.15) is 5.52 Å². The summed E-state index contributed by atoms with van der Waals surface area (Å²) in [4.78, 5) is 12.3. The third kappa shape index (κ3) is 4.98. The van der Waals surface area contributed by atoms with Gasteiger partial charge in [-0.1, -0.05) is 29.8 Å². The van der Waals surface area contributed by atoms with Crippen molar-refractivity contribution in [2.45, 2.75) is 26.8 Å². The molecule has 130 valence electrons. The van der Waals surface area contributed by atoms with E-state index in [4.69, 9.17) is 26.4 Å². The number of aryl methyl sites for hydroxylation is 1. The summed E-state index contributed by atoms with van der Waals surface area (Å²) in [6.45, 7) is 9.84. The first-order valence-electron chi connectivity index (χ1n) is 7.60. The van der Waals surface area contributed by atoms with E-state index in [1.54, 1.807) is 6.33 Å². The topological polar surface area (TPSA) is 88.1 Å². The number of rotatable bonds is 9. The number of hydrogen-bond acceptors (Lipinski definition) is 6. The van der Waals surface area contributed by atoms with Gasteiger partial charge in [0.05, 0.1) is 19.5 Å². The van der Waals surface area contributed by atoms with E-state index in [9.17, 15) is 0 Å². The summed E-state index contributed by atoms with van der Waals surface area (Å²) < 4.78 is 12.9. The fraction of sp³-hybridized carbons (Fsp3) is 0.400. The van der Waals surface area contributed by atoms with Crippen LogP contribution in [0.25, 0.3) is 11.2 Å². The zero-order valence-electron chi connectivity index (χ0n) is 13.8. The second-order valence-electron chi connectivity index (χ2n) is 4.83. The number of imidazole rings is 1. The number of nitrogens with zero attached hydrogens (tertiary/aromatic N) is 4. The van der Waals surface area contributed by atoms with Gasteiger partial charge in [-0.05, 0) is 26.1 Å². The number of allylic oxidation sites excluding steroid dienone is 2. The lowest BCUT2D eigenvalue weighted by Crippen LogP contribution is -2.01. The van der Waals surface area contributed by atoms with Crippen LogP contribution in [0.3, 0.4) is 0 Å². The number of nitrogen functional groups attached to an aromatic ring is 1. The minimum atomic E-state index is -1.00. The Morgan fingerprint density at radius 2 is 2.08 bits per heavy atom. The molecule has 2 aromatic rings. The van der Waals surface area contributed by atoms with Crippen LogP contribution in [0.2, 0.25) is 5.15 Å². The Morgan fingerprint density at radius 1 is 1.38 bits per heavy atom. The van der Waals surface area contributed by atoms with E-state index >= 15 is 0 Å². The van der Waals surface area contributed by atoms with Crippen molar-refractivity contribution >= 4 is 37.1 Å². The molecule has 0 spiro atoms. The molecule has 0 aliphatic carbocycles. The molecule has 2 aromatic heterocycles. The van der Waals surface area contributed by atoms with Crippen molar-refractivity contribution in [1.29, 1.82) is 0 Å². The Morgan fingerprint density at radius 3 is 2.75 bits per heavy atom. The summed E-state index contributed by atoms with van der Waals surface area (Å²) in [6.07, 6.45) is 4.34. The molecule has 2 N–H and O–H groups in total. The predicted octanol–water partition coefficient (Wildman–Crippen LogP) is 3.91. The lowest BCUT2D eigenvalue weighted by atomic mass is 10.2. The van der Waals surface area contributed by atoms with Gasteiger partial charge in [0.15, 0.2) is 19.2 Å². The van der Waals surface area contributed by atoms with E-state index in [2.05, 4.69) is 21.5 Å². The highest BCUT2D eigenvalue weighted by atomic mass is 35.5. The van der Waals surface area contributed by atoms with Crippen molar-refractivity contribution in [3.8, 4) is 0 Å². The zero-order valence-corrected chi connectivity index (χ0v) is 15.4. The molecule has 0 saturated carbocycles. The minimum absolute atomic E-state index is 0.132. The third-order valence-corrected chi connectivity index (χ3v) is 4.74. The maximum absolute atomic E-state index is 6.02. The molecule has 0 atom stereocenters. The molecule has 2 heterocycles. The van der Waals surface area contributed by atoms with Crippen LogP contribution in [-0.2, 0) is 15.6 Å². The highest BCUT2D eigenvalue weighted by molar-refractivity contribution is 7.50. The van der Waals surface area contributed by atoms with Gasteiger partial charge >= 0.3 is 0 Å². The number of aromatic nitrogens is 4. The lowest BCUT2D eigenvalue weighted by molar-refractivity contribution is 0.276. The zero-order chi connectivity index (χ0) is 17.5. The SMILES string of the molecule is C=C(/C=C/P(OCC)OCC)CCn1cnc2c(Cl)nc(N)nc21. The first-order chi connectivity index (χ1) is 11.5. The molecule has 0 amide bonds. The number of halogens is 1. The first kappa shape index (κ1) is 18.8. The van der Waals surface area contributed by atoms with E-state index in [0.717, 1.165) is 12.0 Å². The monoisotopic (exact) mass is 369 g/mol. The van der Waals surface area contributed by atoms with Gasteiger partial charge in [-0.2, -0.15) is 9.97 Å². The number of anilines is 1. The van der Waals surface area contributed by atoms with Gasteiger partial charge in [0.25, 0.3) is 0 Å². The number of nitrogens with two attached hydrogens (primary N) is 1. The molecule has 0 aliphatic heterocycles. The second-order valence-corrected chi connectivity index (χ2v) is 6.57. The summed E-state index contributed by atoms with van der Waals surface area (Å²) in [7, 11) is -1.00. The Bertz CT molecular complexity index is 728. The standard InChI is InChI=1S/C15H21ClN5O2P/c1-4-22-24(23-5-2)9-7-11(3)6-8-21-10-18-12-13(16)19-15(17)20-14(12)21/h7,9-10H,3-6,8H2,1-2H3,(H2,17,19,20)/b9-7+. The van der Waals surface area contributed by atoms with Crippen molar-refractivity contribution in [3.05, 3.63) is 35.5 Å². The molecule has 2 rings (SSSR count). The van der Waals surface area contributed by atoms with Gasteiger partial charge in [-0.15, -0.1) is 0 Å². The Labute approximate surface area is 147 Å². The molecular weight excluding hydrogens is 349 g/mol. The van der Waals surface area contributed by atoms with Crippen LogP contribution in [0.1, 0.15) is 20.3 Å². The van der Waals surface area contributed by atoms with Crippen molar-refractivity contribution < 1.29 is 9.05 Å². The van der Waals surface area contributed by atoms with E-state index in [1.807, 2.05) is 30.3 Å². The number of hydrogen-bond donors (Lipinski definition) is 1. The summed E-state index contributed by atoms with van der Waals surface area (Å²) in [5, 5.41) is 0.258. The van der Waals surface area contributed by atoms with Crippen molar-refractivity contribution in [2.75, 3.05) is 18.9 Å². The fourth-order valence-corrected chi connectivity index (χ4v) is 3.29. The summed E-state index contributed by atoms with van der Waals surface area (Å²) in [5.74, 6) is 2.06. The normalized spacial score (nSPS) is 11.8. The van der Waals surface area contributed by atoms with Crippen molar-refractivity contribution in [2.24, 2.45) is 0 Å². The summed E-state index contributed by atoms with van der Waals surface area (Å²) >= 11 is 6.02. The van der Waals surface area contributed by atoms with Gasteiger partial charge < -0.3 is 19.3 Å². The van der Waals surface area contributed by atoms with E-state index in [-0.39, 0.29) is 11.1 Å². The molecule has 0 saturated heterocycles. The van der Waals surface area contributed by atoms with E-state index in [1.165, 1.54) is 0 Å². The average Bonchev–Trinajstić information content (AvgIpc) is 2.94. The van der Waals surface area contributed by atoms with E-state index < -0.39 is 8.38 Å². The molecule has 0 unspecified atom stereocenters. The molecule has 24 heavy (non-hydrogen) atoms. The molecule has 0 radical (unpaired) electrons. The molecule has 0 fully saturated rings. The van der Waals surface area contributed by atoms with Gasteiger partial charge in [-0.25, -0.2) is 4.98 Å². The Balaban J connectivity index is 1.99. The highest BCUT2D eigenvalue weighted by Crippen LogP contribution is 2.39. The van der Waals surface area contributed by atoms with Crippen LogP contribution in [-0.4, -0.2) is 32.7 Å². The largest absolute Gasteiger partial charge is 0.368 e. The molecule has 0 aromatic carbocycles. The van der Waals surface area contributed by atoms with Gasteiger partial charge in [0.2, 0.25) is 5.95 Å². The molecule has 0 aliphatic rings. The smallest absolute Gasteiger partial charge is 0.223 e. The van der Waals surface area contributed by atoms with Crippen LogP contribution in [0.15, 0.2) is 30.4 Å². The number of fused-ring (bicyclic) bond motifs is 1. The maximum atomic E-state index is 6.02. The van der Waals surface area contributed by atoms with E-state index in [0.29, 0.717) is 30.9 Å². The van der Waals surface area contributed by atoms with Crippen LogP contribution in [0, 0.1) is 0 Å². The summed E-state index contributed by atoms with van der Waals surface area (Å²) in [6, 6.07) is 0. The second kappa shape index (κ2) is 9.08.